The monoisotopic (exact) mass is 275 g/mol. The number of fused-ring (bicyclic) bond motifs is 1. The van der Waals surface area contributed by atoms with Crippen LogP contribution in [0.25, 0.3) is 6.08 Å². The molecule has 2 aromatic rings. The second-order valence-corrected chi connectivity index (χ2v) is 5.51. The Morgan fingerprint density at radius 2 is 1.89 bits per heavy atom. The molecule has 0 atom stereocenters. The first-order valence-corrected chi connectivity index (χ1v) is 6.50. The van der Waals surface area contributed by atoms with Crippen LogP contribution in [0, 0.1) is 3.95 Å². The summed E-state index contributed by atoms with van der Waals surface area (Å²) in [5, 5.41) is 11.6. The van der Waals surface area contributed by atoms with Crippen molar-refractivity contribution in [2.24, 2.45) is 17.0 Å². The van der Waals surface area contributed by atoms with Gasteiger partial charge in [-0.1, -0.05) is 12.1 Å². The fraction of sp³-hybridized carbons (Fsp3) is 0.0833. The number of hydrogen-bond acceptors (Lipinski definition) is 5. The van der Waals surface area contributed by atoms with Crippen molar-refractivity contribution in [3.63, 3.8) is 0 Å². The van der Waals surface area contributed by atoms with Crippen molar-refractivity contribution >= 4 is 29.6 Å². The van der Waals surface area contributed by atoms with Crippen LogP contribution in [0.5, 0.6) is 5.88 Å². The van der Waals surface area contributed by atoms with E-state index in [2.05, 4.69) is 9.98 Å². The van der Waals surface area contributed by atoms with E-state index in [1.807, 2.05) is 24.3 Å². The van der Waals surface area contributed by atoms with E-state index in [4.69, 9.17) is 12.2 Å². The summed E-state index contributed by atoms with van der Waals surface area (Å²) < 4.78 is 2.18. The summed E-state index contributed by atoms with van der Waals surface area (Å²) in [7, 11) is 1.73. The van der Waals surface area contributed by atoms with Gasteiger partial charge in [0.15, 0.2) is 9.78 Å². The lowest BCUT2D eigenvalue weighted by Crippen LogP contribution is -2.19. The molecule has 4 nitrogen and oxygen atoms in total. The van der Waals surface area contributed by atoms with Crippen molar-refractivity contribution in [1.82, 2.24) is 4.57 Å². The van der Waals surface area contributed by atoms with Gasteiger partial charge < -0.3 is 5.11 Å². The van der Waals surface area contributed by atoms with Gasteiger partial charge in [-0.15, -0.1) is 11.3 Å². The maximum atomic E-state index is 9.87. The molecule has 1 N–H and O–H groups in total. The smallest absolute Gasteiger partial charge is 0.210 e. The Balaban J connectivity index is 2.13. The maximum absolute atomic E-state index is 9.87. The first kappa shape index (κ1) is 11.3. The largest absolute Gasteiger partial charge is 0.493 e. The summed E-state index contributed by atoms with van der Waals surface area (Å²) in [5.74, 6) is 0.738. The molecule has 0 radical (unpaired) electrons. The van der Waals surface area contributed by atoms with E-state index in [9.17, 15) is 5.11 Å². The lowest BCUT2D eigenvalue weighted by atomic mass is 10.3. The molecule has 0 bridgehead atoms. The summed E-state index contributed by atoms with van der Waals surface area (Å²) in [6.45, 7) is 0. The third-order valence-electron chi connectivity index (χ3n) is 2.62. The average Bonchev–Trinajstić information content (AvgIpc) is 2.87. The number of aromatic hydroxyl groups is 1. The SMILES string of the molecule is Cn1c(O)c(C=C2N=c3ccccc3=N2)sc1=S. The van der Waals surface area contributed by atoms with Crippen LogP contribution in [0.15, 0.2) is 40.1 Å². The number of rotatable bonds is 1. The summed E-state index contributed by atoms with van der Waals surface area (Å²) in [6.07, 6.45) is 1.75. The standard InChI is InChI=1S/C12H9N3OS2/c1-15-11(16)9(18-12(15)17)6-10-13-7-4-2-3-5-8(7)14-10/h2-6,16H,1H3. The van der Waals surface area contributed by atoms with Gasteiger partial charge in [0.2, 0.25) is 5.88 Å². The Hall–Kier alpha value is -1.79. The zero-order chi connectivity index (χ0) is 12.7. The molecule has 3 rings (SSSR count). The van der Waals surface area contributed by atoms with Crippen molar-refractivity contribution < 1.29 is 5.11 Å². The van der Waals surface area contributed by atoms with E-state index in [1.54, 1.807) is 17.7 Å². The van der Waals surface area contributed by atoms with E-state index in [0.717, 1.165) is 10.7 Å². The highest BCUT2D eigenvalue weighted by Gasteiger charge is 2.09. The Morgan fingerprint density at radius 1 is 1.28 bits per heavy atom. The van der Waals surface area contributed by atoms with Gasteiger partial charge in [-0.3, -0.25) is 4.57 Å². The van der Waals surface area contributed by atoms with Crippen LogP contribution in [0.2, 0.25) is 0 Å². The average molecular weight is 275 g/mol. The van der Waals surface area contributed by atoms with Gasteiger partial charge >= 0.3 is 0 Å². The van der Waals surface area contributed by atoms with Crippen LogP contribution in [-0.4, -0.2) is 9.67 Å². The van der Waals surface area contributed by atoms with Gasteiger partial charge in [-0.25, -0.2) is 9.98 Å². The molecule has 6 heteroatoms. The molecule has 0 spiro atoms. The molecule has 2 heterocycles. The molecule has 1 aromatic heterocycles. The van der Waals surface area contributed by atoms with Gasteiger partial charge in [0.1, 0.15) is 0 Å². The third-order valence-corrected chi connectivity index (χ3v) is 4.11. The Bertz CT molecular complexity index is 793. The zero-order valence-electron chi connectivity index (χ0n) is 9.49. The molecule has 0 unspecified atom stereocenters. The van der Waals surface area contributed by atoms with Crippen LogP contribution in [0.1, 0.15) is 4.88 Å². The molecule has 90 valence electrons. The van der Waals surface area contributed by atoms with Crippen LogP contribution in [0.4, 0.5) is 0 Å². The number of benzene rings is 1. The number of nitrogens with zero attached hydrogens (tertiary/aromatic N) is 3. The minimum absolute atomic E-state index is 0.152. The highest BCUT2D eigenvalue weighted by Crippen LogP contribution is 2.27. The highest BCUT2D eigenvalue weighted by molar-refractivity contribution is 7.73. The maximum Gasteiger partial charge on any atom is 0.210 e. The Kier molecular flexibility index (Phi) is 2.61. The molecule has 1 aromatic carbocycles. The number of para-hydroxylation sites is 2. The molecule has 0 fully saturated rings. The van der Waals surface area contributed by atoms with Gasteiger partial charge in [0.05, 0.1) is 15.6 Å². The molecule has 0 saturated carbocycles. The molecule has 0 amide bonds. The predicted molar refractivity (Wildman–Crippen MR) is 72.5 cm³/mol. The minimum Gasteiger partial charge on any atom is -0.493 e. The molecule has 0 saturated heterocycles. The molecular weight excluding hydrogens is 266 g/mol. The van der Waals surface area contributed by atoms with Crippen molar-refractivity contribution in [3.8, 4) is 5.88 Å². The summed E-state index contributed by atoms with van der Waals surface area (Å²) >= 11 is 6.44. The predicted octanol–water partition coefficient (Wildman–Crippen LogP) is 1.77. The van der Waals surface area contributed by atoms with Crippen LogP contribution in [-0.2, 0) is 7.05 Å². The third kappa shape index (κ3) is 1.79. The quantitative estimate of drug-likeness (QED) is 0.806. The topological polar surface area (TPSA) is 49.9 Å². The molecule has 18 heavy (non-hydrogen) atoms. The highest BCUT2D eigenvalue weighted by atomic mass is 32.1. The summed E-state index contributed by atoms with van der Waals surface area (Å²) in [5.41, 5.74) is 0. The first-order valence-electron chi connectivity index (χ1n) is 5.28. The van der Waals surface area contributed by atoms with Gasteiger partial charge in [0.25, 0.3) is 0 Å². The molecule has 1 aliphatic heterocycles. The van der Waals surface area contributed by atoms with Gasteiger partial charge in [-0.2, -0.15) is 0 Å². The fourth-order valence-electron chi connectivity index (χ4n) is 1.66. The Labute approximate surface area is 112 Å². The van der Waals surface area contributed by atoms with Crippen LogP contribution < -0.4 is 10.7 Å². The zero-order valence-corrected chi connectivity index (χ0v) is 11.1. The lowest BCUT2D eigenvalue weighted by Gasteiger charge is -1.93. The Morgan fingerprint density at radius 3 is 2.39 bits per heavy atom. The van der Waals surface area contributed by atoms with E-state index in [0.29, 0.717) is 14.7 Å². The van der Waals surface area contributed by atoms with Gasteiger partial charge in [-0.05, 0) is 24.4 Å². The van der Waals surface area contributed by atoms with E-state index >= 15 is 0 Å². The normalized spacial score (nSPS) is 12.8. The van der Waals surface area contributed by atoms with Crippen molar-refractivity contribution in [2.75, 3.05) is 0 Å². The van der Waals surface area contributed by atoms with E-state index in [-0.39, 0.29) is 5.88 Å². The fourth-order valence-corrected chi connectivity index (χ4v) is 2.82. The number of hydrogen-bond donors (Lipinski definition) is 1. The lowest BCUT2D eigenvalue weighted by molar-refractivity contribution is 0.430. The van der Waals surface area contributed by atoms with Gasteiger partial charge in [0, 0.05) is 13.1 Å². The number of aromatic nitrogens is 1. The summed E-state index contributed by atoms with van der Waals surface area (Å²) in [4.78, 5) is 9.43. The van der Waals surface area contributed by atoms with Crippen molar-refractivity contribution in [2.45, 2.75) is 0 Å². The van der Waals surface area contributed by atoms with E-state index in [1.165, 1.54) is 11.3 Å². The molecule has 0 aliphatic carbocycles. The van der Waals surface area contributed by atoms with E-state index < -0.39 is 0 Å². The minimum atomic E-state index is 0.152. The van der Waals surface area contributed by atoms with Crippen molar-refractivity contribution in [3.05, 3.63) is 49.6 Å². The van der Waals surface area contributed by atoms with Crippen molar-refractivity contribution in [1.29, 1.82) is 0 Å². The molecular formula is C12H9N3OS2. The molecule has 1 aliphatic rings. The summed E-state index contributed by atoms with van der Waals surface area (Å²) in [6, 6.07) is 7.66. The van der Waals surface area contributed by atoms with Crippen LogP contribution >= 0.6 is 23.6 Å². The van der Waals surface area contributed by atoms with Crippen LogP contribution in [0.3, 0.4) is 0 Å². The first-order chi connectivity index (χ1) is 8.65. The number of thiazole rings is 1. The second-order valence-electron chi connectivity index (χ2n) is 3.83. The second kappa shape index (κ2) is 4.15.